The van der Waals surface area contributed by atoms with Gasteiger partial charge in [-0.15, -0.1) is 0 Å². The summed E-state index contributed by atoms with van der Waals surface area (Å²) in [4.78, 5) is 91.6. The van der Waals surface area contributed by atoms with Gasteiger partial charge in [0.25, 0.3) is 17.9 Å². The predicted molar refractivity (Wildman–Crippen MR) is 246 cm³/mol. The fraction of sp³-hybridized carbons (Fsp3) is 0.574. The van der Waals surface area contributed by atoms with Gasteiger partial charge in [0.1, 0.15) is 27.2 Å². The van der Waals surface area contributed by atoms with E-state index in [-0.39, 0.29) is 84.9 Å². The zero-order valence-electron chi connectivity index (χ0n) is 41.6. The van der Waals surface area contributed by atoms with Crippen LogP contribution < -0.4 is 41.0 Å². The summed E-state index contributed by atoms with van der Waals surface area (Å²) in [5, 5.41) is 28.6. The topological polar surface area (TPSA) is 296 Å². The van der Waals surface area contributed by atoms with Crippen molar-refractivity contribution >= 4 is 55.5 Å². The normalized spacial score (nSPS) is 26.0. The summed E-state index contributed by atoms with van der Waals surface area (Å²) in [5.74, 6) is -0.828. The molecule has 6 fully saturated rings. The number of hydrogen-bond acceptors (Lipinski definition) is 15. The van der Waals surface area contributed by atoms with Gasteiger partial charge in [-0.2, -0.15) is 0 Å². The number of hydrogen-bond donors (Lipinski definition) is 5. The summed E-state index contributed by atoms with van der Waals surface area (Å²) in [5.41, 5.74) is 12.7. The summed E-state index contributed by atoms with van der Waals surface area (Å²) in [6.45, 7) is 8.17. The number of likely N-dealkylation sites (tertiary alicyclic amines) is 2. The van der Waals surface area contributed by atoms with E-state index in [1.54, 1.807) is 38.3 Å². The third kappa shape index (κ3) is 17.3. The molecule has 4 amide bonds. The molecule has 2 aromatic rings. The molecule has 2 unspecified atom stereocenters. The Hall–Kier alpha value is -4.74. The van der Waals surface area contributed by atoms with E-state index >= 15 is 0 Å². The van der Waals surface area contributed by atoms with Crippen LogP contribution in [0.5, 0.6) is 0 Å². The summed E-state index contributed by atoms with van der Waals surface area (Å²) < 4.78 is 24.4. The first kappa shape index (κ1) is 58.6. The van der Waals surface area contributed by atoms with Crippen LogP contribution >= 0.6 is 0 Å². The van der Waals surface area contributed by atoms with Gasteiger partial charge in [0.2, 0.25) is 23.6 Å². The number of amides is 4. The molecule has 6 aliphatic rings. The number of carboxylic acid groups (broad SMARTS) is 1. The first-order valence-electron chi connectivity index (χ1n) is 23.0. The maximum Gasteiger partial charge on any atom is 1.00 e. The molecule has 8 rings (SSSR count). The molecule has 4 aliphatic heterocycles. The third-order valence-corrected chi connectivity index (χ3v) is 12.5. The van der Waals surface area contributed by atoms with Gasteiger partial charge in [-0.3, -0.25) is 43.3 Å². The number of carboxylic acids is 1. The number of carbonyl (C=O) groups is 8. The quantitative estimate of drug-likeness (QED) is 0.128. The second-order valence-corrected chi connectivity index (χ2v) is 17.2. The van der Waals surface area contributed by atoms with E-state index in [0.29, 0.717) is 74.3 Å². The number of ether oxygens (including phenoxy) is 2. The van der Waals surface area contributed by atoms with Crippen LogP contribution in [0.4, 0.5) is 0 Å². The van der Waals surface area contributed by atoms with Crippen molar-refractivity contribution in [2.24, 2.45) is 35.1 Å². The third-order valence-electron chi connectivity index (χ3n) is 12.5. The number of aliphatic hydroxyl groups is 2. The van der Waals surface area contributed by atoms with Crippen molar-refractivity contribution in [1.29, 1.82) is 0 Å². The van der Waals surface area contributed by atoms with E-state index in [1.807, 2.05) is 28.0 Å². The van der Waals surface area contributed by atoms with Gasteiger partial charge in [0.05, 0.1) is 24.3 Å². The van der Waals surface area contributed by atoms with Gasteiger partial charge in [-0.1, -0.05) is 38.1 Å². The number of carbonyl (C=O) groups excluding carboxylic acids is 7. The van der Waals surface area contributed by atoms with Gasteiger partial charge in [0, 0.05) is 84.8 Å². The van der Waals surface area contributed by atoms with E-state index in [9.17, 15) is 43.8 Å². The Labute approximate surface area is 427 Å². The molecular weight excluding hydrogens is 908 g/mol. The Balaban J connectivity index is 0.000000328. The Morgan fingerprint density at radius 1 is 0.739 bits per heavy atom. The molecule has 22 heteroatoms. The largest absolute Gasteiger partial charge is 1.00 e. The van der Waals surface area contributed by atoms with E-state index in [1.165, 1.54) is 33.4 Å². The van der Waals surface area contributed by atoms with Crippen molar-refractivity contribution in [3.8, 4) is 0 Å². The molecule has 0 aromatic heterocycles. The van der Waals surface area contributed by atoms with Crippen LogP contribution in [0.2, 0.25) is 0 Å². The fourth-order valence-electron chi connectivity index (χ4n) is 10.1. The number of piperidine rings is 3. The SMILES string of the molecule is CC(=O)O.CC(=O)O[B-]OC(C)=O.COCC(=O)N1C[C@@H]2C[C@@H]3C1[C@@H](O)[C@H](C2)N3Cc1cccc(C(N)=O)c1.COCC(=O)N1C[C@@H]2C[C@H]3C[C@@H](C2)[C@H](O)C31.NC(=O)c1cccc(C=O)c1.[2H]CC.[Na+]. The Morgan fingerprint density at radius 2 is 1.22 bits per heavy atom. The average Bonchev–Trinajstić information content (AvgIpc) is 3.48. The molecule has 2 saturated carbocycles. The first-order valence-corrected chi connectivity index (χ1v) is 22.3. The summed E-state index contributed by atoms with van der Waals surface area (Å²) in [7, 11) is 3.76. The predicted octanol–water partition coefficient (Wildman–Crippen LogP) is -1.42. The smallest absolute Gasteiger partial charge is 0.702 e. The number of rotatable bonds is 11. The monoisotopic (exact) mass is 976 g/mol. The van der Waals surface area contributed by atoms with Gasteiger partial charge < -0.3 is 55.4 Å². The number of primary amides is 2. The molecule has 0 spiro atoms. The molecule has 69 heavy (non-hydrogen) atoms. The number of aliphatic hydroxyl groups excluding tert-OH is 2. The Bertz CT molecular complexity index is 2070. The minimum Gasteiger partial charge on any atom is -0.702 e. The van der Waals surface area contributed by atoms with Crippen molar-refractivity contribution in [2.45, 2.75) is 110 Å². The number of aliphatic carboxylic acids is 1. The van der Waals surface area contributed by atoms with E-state index < -0.39 is 35.8 Å². The molecule has 2 radical (unpaired) electrons. The minimum atomic E-state index is -0.833. The number of aldehydes is 1. The van der Waals surface area contributed by atoms with Crippen LogP contribution in [-0.2, 0) is 49.3 Å². The van der Waals surface area contributed by atoms with Gasteiger partial charge in [-0.25, -0.2) is 0 Å². The molecule has 10 atom stereocenters. The van der Waals surface area contributed by atoms with E-state index in [0.717, 1.165) is 44.7 Å². The van der Waals surface area contributed by atoms with Crippen molar-refractivity contribution < 1.29 is 103 Å². The van der Waals surface area contributed by atoms with Crippen molar-refractivity contribution in [3.63, 3.8) is 0 Å². The summed E-state index contributed by atoms with van der Waals surface area (Å²) >= 11 is 0. The molecular formula is C47H67BN5NaO15. The number of nitrogens with zero attached hydrogens (tertiary/aromatic N) is 3. The number of nitrogens with two attached hydrogens (primary N) is 2. The van der Waals surface area contributed by atoms with Crippen LogP contribution in [-0.4, -0.2) is 162 Å². The first-order chi connectivity index (χ1) is 32.7. The molecule has 6 bridgehead atoms. The van der Waals surface area contributed by atoms with Crippen molar-refractivity contribution in [3.05, 3.63) is 70.8 Å². The fourth-order valence-corrected chi connectivity index (χ4v) is 10.1. The maximum atomic E-state index is 12.5. The zero-order valence-corrected chi connectivity index (χ0v) is 42.6. The second kappa shape index (κ2) is 29.4. The molecule has 2 aromatic carbocycles. The molecule has 2 aliphatic carbocycles. The number of fused-ring (bicyclic) bond motifs is 4. The summed E-state index contributed by atoms with van der Waals surface area (Å²) in [6.07, 6.45) is 5.13. The van der Waals surface area contributed by atoms with Crippen LogP contribution in [0, 0.1) is 23.7 Å². The molecule has 4 heterocycles. The minimum absolute atomic E-state index is 0. The maximum absolute atomic E-state index is 12.5. The molecule has 4 saturated heterocycles. The van der Waals surface area contributed by atoms with Gasteiger partial charge in [0.15, 0.2) is 0 Å². The van der Waals surface area contributed by atoms with E-state index in [2.05, 4.69) is 14.2 Å². The average molecular weight is 977 g/mol. The standard InChI is InChI=1S/C19H25N3O4.C12H19NO3.C8H7NO2.C4H6BO4.C2H4O2.C2H6.Na/c1-26-10-16(23)22-9-12-6-14-17(22)18(24)15(7-12)21(14)8-11-3-2-4-13(5-11)19(20)25;1-16-6-10(14)13-5-7-2-8-4-9(3-7)12(15)11(8)13;9-8(11)7-3-1-2-6(4-7)5-10;1-3(6)8-5-9-4(2)7;1-2(3)4;1-2;/h2-5,12,14-15,17-18,24H,6-10H2,1H3,(H2,20,25);7-9,11-12,15H,2-6H2,1H3;1-5H,(H2,9,11);1-2H3;1H3,(H,3,4);1-2H3;/q;;;-1;;;+1/t12-,14-,15+,17?,18+;7-,8+,9-,11?,12+;;;;;/m11...../s1/i;;;;;1D;. The van der Waals surface area contributed by atoms with Crippen LogP contribution in [0.25, 0.3) is 0 Å². The number of benzene rings is 2. The van der Waals surface area contributed by atoms with Crippen LogP contribution in [0.3, 0.4) is 0 Å². The molecule has 7 N–H and O–H groups in total. The van der Waals surface area contributed by atoms with Crippen LogP contribution in [0.1, 0.15) is 105 Å². The Morgan fingerprint density at radius 3 is 1.72 bits per heavy atom. The second-order valence-electron chi connectivity index (χ2n) is 17.2. The Kier molecular flexibility index (Phi) is 25.0. The van der Waals surface area contributed by atoms with Crippen molar-refractivity contribution in [2.75, 3.05) is 40.5 Å². The van der Waals surface area contributed by atoms with Crippen molar-refractivity contribution in [1.82, 2.24) is 14.7 Å². The van der Waals surface area contributed by atoms with Crippen LogP contribution in [0.15, 0.2) is 48.5 Å². The van der Waals surface area contributed by atoms with Gasteiger partial charge >= 0.3 is 29.6 Å². The van der Waals surface area contributed by atoms with Gasteiger partial charge in [-0.05, 0) is 85.6 Å². The summed E-state index contributed by atoms with van der Waals surface area (Å²) in [6, 6.07) is 13.6. The molecule has 374 valence electrons. The molecule has 20 nitrogen and oxygen atoms in total. The zero-order chi connectivity index (χ0) is 51.5. The van der Waals surface area contributed by atoms with E-state index in [4.69, 9.17) is 32.2 Å². The number of methoxy groups -OCH3 is 2.